The Morgan fingerprint density at radius 2 is 1.76 bits per heavy atom. The Morgan fingerprint density at radius 3 is 2.38 bits per heavy atom. The van der Waals surface area contributed by atoms with Crippen LogP contribution in [0.2, 0.25) is 0 Å². The number of carbonyl (C=O) groups is 1. The molecule has 45 heavy (non-hydrogen) atoms. The molecular formula is C29H39F3N4O8S. The Morgan fingerprint density at radius 1 is 1.11 bits per heavy atom. The molecule has 1 amide bonds. The fourth-order valence-corrected chi connectivity index (χ4v) is 7.62. The molecule has 3 saturated heterocycles. The minimum absolute atomic E-state index is 0.0697. The number of benzene rings is 1. The van der Waals surface area contributed by atoms with Crippen molar-refractivity contribution in [1.82, 2.24) is 19.9 Å². The van der Waals surface area contributed by atoms with Crippen molar-refractivity contribution < 1.29 is 52.6 Å². The quantitative estimate of drug-likeness (QED) is 0.272. The number of ether oxygens (including phenoxy) is 3. The fourth-order valence-electron chi connectivity index (χ4n) is 6.07. The number of rotatable bonds is 10. The Kier molecular flexibility index (Phi) is 11.1. The second-order valence-electron chi connectivity index (χ2n) is 11.7. The lowest BCUT2D eigenvalue weighted by atomic mass is 9.89. The highest BCUT2D eigenvalue weighted by molar-refractivity contribution is 8.01. The largest absolute Gasteiger partial charge is 0.394 e. The number of amides is 1. The van der Waals surface area contributed by atoms with E-state index >= 15 is 0 Å². The van der Waals surface area contributed by atoms with Crippen molar-refractivity contribution in [2.24, 2.45) is 5.92 Å². The molecule has 0 unspecified atom stereocenters. The first-order valence-electron chi connectivity index (χ1n) is 15.1. The van der Waals surface area contributed by atoms with Gasteiger partial charge >= 0.3 is 0 Å². The highest BCUT2D eigenvalue weighted by Gasteiger charge is 2.52. The first kappa shape index (κ1) is 34.0. The van der Waals surface area contributed by atoms with Gasteiger partial charge in [-0.1, -0.05) is 5.21 Å². The van der Waals surface area contributed by atoms with E-state index < -0.39 is 64.7 Å². The molecule has 3 fully saturated rings. The molecule has 0 radical (unpaired) electrons. The summed E-state index contributed by atoms with van der Waals surface area (Å²) in [5, 5.41) is 51.2. The van der Waals surface area contributed by atoms with Crippen molar-refractivity contribution in [3.8, 4) is 11.3 Å². The smallest absolute Gasteiger partial charge is 0.238 e. The van der Waals surface area contributed by atoms with Crippen molar-refractivity contribution in [3.63, 3.8) is 0 Å². The Bertz CT molecular complexity index is 1290. The molecule has 0 bridgehead atoms. The molecule has 250 valence electrons. The zero-order valence-electron chi connectivity index (χ0n) is 24.8. The average Bonchev–Trinajstić information content (AvgIpc) is 3.52. The molecule has 6 atom stereocenters. The normalized spacial score (nSPS) is 28.1. The molecule has 4 N–H and O–H groups in total. The maximum atomic E-state index is 14.2. The molecule has 5 rings (SSSR count). The van der Waals surface area contributed by atoms with Crippen LogP contribution in [0.25, 0.3) is 11.3 Å². The van der Waals surface area contributed by atoms with Gasteiger partial charge in [0, 0.05) is 57.9 Å². The van der Waals surface area contributed by atoms with Crippen molar-refractivity contribution in [3.05, 3.63) is 35.8 Å². The van der Waals surface area contributed by atoms with Crippen molar-refractivity contribution in [2.75, 3.05) is 46.1 Å². The van der Waals surface area contributed by atoms with E-state index in [0.29, 0.717) is 26.3 Å². The lowest BCUT2D eigenvalue weighted by Crippen LogP contribution is -2.58. The number of hydrogen-bond donors (Lipinski definition) is 4. The predicted octanol–water partition coefficient (Wildman–Crippen LogP) is 1.26. The number of nitrogens with zero attached hydrogens (tertiary/aromatic N) is 4. The maximum Gasteiger partial charge on any atom is 0.238 e. The third-order valence-corrected chi connectivity index (χ3v) is 10.4. The van der Waals surface area contributed by atoms with Crippen molar-refractivity contribution in [2.45, 2.75) is 73.2 Å². The van der Waals surface area contributed by atoms with E-state index in [4.69, 9.17) is 14.2 Å². The van der Waals surface area contributed by atoms with Gasteiger partial charge in [0.05, 0.1) is 18.4 Å². The zero-order valence-corrected chi connectivity index (χ0v) is 25.6. The lowest BCUT2D eigenvalue weighted by Gasteiger charge is -2.46. The van der Waals surface area contributed by atoms with E-state index in [1.54, 1.807) is 4.90 Å². The summed E-state index contributed by atoms with van der Waals surface area (Å²) < 4.78 is 59.2. The van der Waals surface area contributed by atoms with Crippen LogP contribution < -0.4 is 0 Å². The van der Waals surface area contributed by atoms with Gasteiger partial charge in [-0.3, -0.25) is 4.79 Å². The summed E-state index contributed by atoms with van der Waals surface area (Å²) in [6.45, 7) is 3.75. The highest BCUT2D eigenvalue weighted by atomic mass is 32.2. The predicted molar refractivity (Wildman–Crippen MR) is 154 cm³/mol. The summed E-state index contributed by atoms with van der Waals surface area (Å²) in [6.07, 6.45) is -1.13. The van der Waals surface area contributed by atoms with Crippen LogP contribution in [0.3, 0.4) is 0 Å². The lowest BCUT2D eigenvalue weighted by molar-refractivity contribution is -0.179. The summed E-state index contributed by atoms with van der Waals surface area (Å²) in [5.74, 6) is -4.60. The van der Waals surface area contributed by atoms with Crippen LogP contribution in [-0.2, 0) is 19.0 Å². The Labute approximate surface area is 262 Å². The molecule has 0 saturated carbocycles. The minimum atomic E-state index is -1.64. The van der Waals surface area contributed by atoms with E-state index in [2.05, 4.69) is 10.3 Å². The van der Waals surface area contributed by atoms with Crippen LogP contribution in [0.15, 0.2) is 18.3 Å². The summed E-state index contributed by atoms with van der Waals surface area (Å²) >= 11 is 0.903. The highest BCUT2D eigenvalue weighted by Crippen LogP contribution is 2.42. The number of thioether (sulfide) groups is 1. The van der Waals surface area contributed by atoms with E-state index in [0.717, 1.165) is 41.4 Å². The van der Waals surface area contributed by atoms with Gasteiger partial charge in [0.25, 0.3) is 0 Å². The monoisotopic (exact) mass is 660 g/mol. The van der Waals surface area contributed by atoms with Gasteiger partial charge in [-0.25, -0.2) is 17.9 Å². The maximum absolute atomic E-state index is 14.2. The van der Waals surface area contributed by atoms with Crippen LogP contribution in [0.5, 0.6) is 0 Å². The second-order valence-corrected chi connectivity index (χ2v) is 12.9. The van der Waals surface area contributed by atoms with Crippen LogP contribution in [0, 0.1) is 23.4 Å². The van der Waals surface area contributed by atoms with Gasteiger partial charge in [-0.05, 0) is 37.8 Å². The number of hydrogen-bond acceptors (Lipinski definition) is 11. The van der Waals surface area contributed by atoms with E-state index in [-0.39, 0.29) is 49.1 Å². The number of carbonyl (C=O) groups excluding carboxylic acids is 1. The first-order chi connectivity index (χ1) is 21.6. The topological polar surface area (TPSA) is 160 Å². The van der Waals surface area contributed by atoms with E-state index in [1.165, 1.54) is 6.20 Å². The van der Waals surface area contributed by atoms with Crippen molar-refractivity contribution >= 4 is 17.7 Å². The first-order valence-corrected chi connectivity index (χ1v) is 16.0. The molecule has 4 heterocycles. The summed E-state index contributed by atoms with van der Waals surface area (Å²) in [5.41, 5.74) is -2.93. The molecule has 1 aromatic carbocycles. The zero-order chi connectivity index (χ0) is 32.3. The van der Waals surface area contributed by atoms with Crippen LogP contribution in [0.4, 0.5) is 13.2 Å². The molecule has 0 aliphatic carbocycles. The molecular weight excluding hydrogens is 621 g/mol. The van der Waals surface area contributed by atoms with Gasteiger partial charge in [-0.2, -0.15) is 0 Å². The van der Waals surface area contributed by atoms with Gasteiger partial charge < -0.3 is 39.5 Å². The van der Waals surface area contributed by atoms with Gasteiger partial charge in [0.15, 0.2) is 17.5 Å². The third-order valence-electron chi connectivity index (χ3n) is 8.80. The molecule has 3 aliphatic rings. The summed E-state index contributed by atoms with van der Waals surface area (Å²) in [4.78, 5) is 15.9. The van der Waals surface area contributed by atoms with Crippen molar-refractivity contribution in [1.29, 1.82) is 0 Å². The molecule has 0 spiro atoms. The van der Waals surface area contributed by atoms with Crippen LogP contribution in [0.1, 0.15) is 38.6 Å². The van der Waals surface area contributed by atoms with Gasteiger partial charge in [0.2, 0.25) is 5.91 Å². The average molecular weight is 661 g/mol. The summed E-state index contributed by atoms with van der Waals surface area (Å²) in [6, 6.07) is 0.196. The second kappa shape index (κ2) is 14.6. The standard InChI is InChI=1S/C29H39F3N4O8S/c1-2-35(13-16-3-7-42-8-4-16)27(40)26(29(41)5-9-43-10-6-29)45-28-25(39)23(24(38)21(15-37)44-28)36-14-20(33-34-36)17-11-18(30)22(32)19(31)12-17/h11-12,14,16,21,23-26,28,37-39,41H,2-10,13,15H2,1H3/t21-,23+,24+,25-,26-,28+/m1/s1. The number of aromatic nitrogens is 3. The minimum Gasteiger partial charge on any atom is -0.394 e. The van der Waals surface area contributed by atoms with E-state index in [9.17, 15) is 38.4 Å². The SMILES string of the molecule is CCN(CC1CCOCC1)C(=O)[C@@H](S[C@@H]1O[C@H](CO)[C@H](O)[C@H](n2cc(-c3cc(F)c(F)c(F)c3)nn2)[C@H]1O)C1(O)CCOCC1. The van der Waals surface area contributed by atoms with E-state index in [1.807, 2.05) is 6.92 Å². The Balaban J connectivity index is 1.42. The third kappa shape index (κ3) is 7.32. The Hall–Kier alpha value is -2.31. The molecule has 1 aromatic heterocycles. The summed E-state index contributed by atoms with van der Waals surface area (Å²) in [7, 11) is 0. The fraction of sp³-hybridized carbons (Fsp3) is 0.690. The molecule has 12 nitrogen and oxygen atoms in total. The van der Waals surface area contributed by atoms with Crippen LogP contribution in [-0.4, -0.2) is 127 Å². The molecule has 16 heteroatoms. The number of halogens is 3. The van der Waals surface area contributed by atoms with Gasteiger partial charge in [0.1, 0.15) is 40.7 Å². The number of aliphatic hydroxyl groups excluding tert-OH is 3. The molecule has 3 aliphatic heterocycles. The van der Waals surface area contributed by atoms with Gasteiger partial charge in [-0.15, -0.1) is 16.9 Å². The van der Waals surface area contributed by atoms with Crippen LogP contribution >= 0.6 is 11.8 Å². The molecule has 2 aromatic rings. The number of aliphatic hydroxyl groups is 4.